The SMILES string of the molecule is Cc1ccc(OCC(O)CNC(C)c2cccs2)cc1C.Cl. The van der Waals surface area contributed by atoms with Gasteiger partial charge < -0.3 is 15.2 Å². The number of aryl methyl sites for hydroxylation is 2. The van der Waals surface area contributed by atoms with Crippen LogP contribution in [0.25, 0.3) is 0 Å². The highest BCUT2D eigenvalue weighted by molar-refractivity contribution is 7.10. The van der Waals surface area contributed by atoms with Gasteiger partial charge in [-0.2, -0.15) is 0 Å². The van der Waals surface area contributed by atoms with Crippen LogP contribution in [0.4, 0.5) is 0 Å². The highest BCUT2D eigenvalue weighted by Crippen LogP contribution is 2.18. The van der Waals surface area contributed by atoms with Gasteiger partial charge in [0.1, 0.15) is 18.5 Å². The lowest BCUT2D eigenvalue weighted by molar-refractivity contribution is 0.104. The van der Waals surface area contributed by atoms with Crippen LogP contribution in [0.15, 0.2) is 35.7 Å². The van der Waals surface area contributed by atoms with Crippen LogP contribution >= 0.6 is 23.7 Å². The molecule has 0 saturated carbocycles. The number of ether oxygens (including phenoxy) is 1. The molecule has 2 atom stereocenters. The Labute approximate surface area is 142 Å². The number of hydrogen-bond donors (Lipinski definition) is 2. The van der Waals surface area contributed by atoms with E-state index in [9.17, 15) is 5.11 Å². The van der Waals surface area contributed by atoms with Crippen molar-refractivity contribution >= 4 is 23.7 Å². The summed E-state index contributed by atoms with van der Waals surface area (Å²) in [6, 6.07) is 10.4. The molecule has 1 heterocycles. The topological polar surface area (TPSA) is 41.5 Å². The van der Waals surface area contributed by atoms with Crippen LogP contribution in [0, 0.1) is 13.8 Å². The molecule has 1 aromatic heterocycles. The zero-order valence-corrected chi connectivity index (χ0v) is 14.8. The van der Waals surface area contributed by atoms with Crippen molar-refractivity contribution in [3.8, 4) is 5.75 Å². The molecule has 2 aromatic rings. The summed E-state index contributed by atoms with van der Waals surface area (Å²) in [4.78, 5) is 1.28. The standard InChI is InChI=1S/C17H23NO2S.ClH/c1-12-6-7-16(9-13(12)2)20-11-15(19)10-18-14(3)17-5-4-8-21-17;/h4-9,14-15,18-19H,10-11H2,1-3H3;1H. The first-order valence-electron chi connectivity index (χ1n) is 7.21. The molecule has 0 bridgehead atoms. The normalized spacial score (nSPS) is 13.3. The van der Waals surface area contributed by atoms with E-state index < -0.39 is 6.10 Å². The summed E-state index contributed by atoms with van der Waals surface area (Å²) in [5.41, 5.74) is 2.45. The number of hydrogen-bond acceptors (Lipinski definition) is 4. The fourth-order valence-electron chi connectivity index (χ4n) is 2.01. The monoisotopic (exact) mass is 341 g/mol. The lowest BCUT2D eigenvalue weighted by atomic mass is 10.1. The molecule has 0 aliphatic rings. The Kier molecular flexibility index (Phi) is 7.90. The molecule has 1 aromatic carbocycles. The summed E-state index contributed by atoms with van der Waals surface area (Å²) in [5, 5.41) is 15.4. The molecule has 0 saturated heterocycles. The van der Waals surface area contributed by atoms with Crippen molar-refractivity contribution in [2.24, 2.45) is 0 Å². The van der Waals surface area contributed by atoms with E-state index in [1.807, 2.05) is 24.3 Å². The van der Waals surface area contributed by atoms with Crippen LogP contribution in [-0.2, 0) is 0 Å². The van der Waals surface area contributed by atoms with Gasteiger partial charge in [-0.15, -0.1) is 23.7 Å². The van der Waals surface area contributed by atoms with E-state index in [1.54, 1.807) is 11.3 Å². The Morgan fingerprint density at radius 3 is 2.64 bits per heavy atom. The third-order valence-electron chi connectivity index (χ3n) is 3.55. The summed E-state index contributed by atoms with van der Waals surface area (Å²) < 4.78 is 5.64. The van der Waals surface area contributed by atoms with E-state index in [0.29, 0.717) is 13.2 Å². The van der Waals surface area contributed by atoms with Gasteiger partial charge in [-0.3, -0.25) is 0 Å². The van der Waals surface area contributed by atoms with E-state index in [2.05, 4.69) is 37.5 Å². The van der Waals surface area contributed by atoms with Gasteiger partial charge in [0, 0.05) is 17.5 Å². The second-order valence-electron chi connectivity index (χ2n) is 5.36. The number of nitrogens with one attached hydrogen (secondary N) is 1. The molecule has 2 unspecified atom stereocenters. The first-order chi connectivity index (χ1) is 10.1. The minimum atomic E-state index is -0.519. The number of thiophene rings is 1. The largest absolute Gasteiger partial charge is 0.491 e. The molecule has 22 heavy (non-hydrogen) atoms. The third-order valence-corrected chi connectivity index (χ3v) is 4.61. The van der Waals surface area contributed by atoms with Crippen molar-refractivity contribution in [2.45, 2.75) is 32.9 Å². The van der Waals surface area contributed by atoms with Crippen molar-refractivity contribution in [3.05, 3.63) is 51.7 Å². The second-order valence-corrected chi connectivity index (χ2v) is 6.34. The fourth-order valence-corrected chi connectivity index (χ4v) is 2.76. The van der Waals surface area contributed by atoms with Crippen LogP contribution in [0.3, 0.4) is 0 Å². The highest BCUT2D eigenvalue weighted by atomic mass is 35.5. The molecule has 2 N–H and O–H groups in total. The minimum absolute atomic E-state index is 0. The van der Waals surface area contributed by atoms with Crippen LogP contribution in [0.1, 0.15) is 29.0 Å². The Hall–Kier alpha value is -1.07. The first kappa shape index (κ1) is 19.0. The van der Waals surface area contributed by atoms with E-state index >= 15 is 0 Å². The number of halogens is 1. The van der Waals surface area contributed by atoms with Gasteiger partial charge in [0.25, 0.3) is 0 Å². The van der Waals surface area contributed by atoms with Crippen molar-refractivity contribution in [1.29, 1.82) is 0 Å². The molecular formula is C17H24ClNO2S. The van der Waals surface area contributed by atoms with Crippen LogP contribution < -0.4 is 10.1 Å². The predicted octanol–water partition coefficient (Wildman–Crippen LogP) is 3.88. The smallest absolute Gasteiger partial charge is 0.119 e. The van der Waals surface area contributed by atoms with E-state index in [1.165, 1.54) is 16.0 Å². The van der Waals surface area contributed by atoms with Gasteiger partial charge in [0.2, 0.25) is 0 Å². The molecule has 0 aliphatic carbocycles. The molecule has 2 rings (SSSR count). The Morgan fingerprint density at radius 2 is 2.00 bits per heavy atom. The zero-order valence-electron chi connectivity index (χ0n) is 13.2. The van der Waals surface area contributed by atoms with Gasteiger partial charge in [-0.1, -0.05) is 12.1 Å². The Balaban J connectivity index is 0.00000242. The maximum absolute atomic E-state index is 10.00. The molecule has 3 nitrogen and oxygen atoms in total. The molecule has 0 aliphatic heterocycles. The van der Waals surface area contributed by atoms with Crippen LogP contribution in [0.5, 0.6) is 5.75 Å². The molecule has 0 spiro atoms. The third kappa shape index (κ3) is 5.61. The molecule has 0 radical (unpaired) electrons. The zero-order chi connectivity index (χ0) is 15.2. The minimum Gasteiger partial charge on any atom is -0.491 e. The molecule has 122 valence electrons. The summed E-state index contributed by atoms with van der Waals surface area (Å²) >= 11 is 1.72. The maximum Gasteiger partial charge on any atom is 0.119 e. The quantitative estimate of drug-likeness (QED) is 0.803. The Bertz CT molecular complexity index is 560. The summed E-state index contributed by atoms with van der Waals surface area (Å²) in [5.74, 6) is 0.809. The number of benzene rings is 1. The first-order valence-corrected chi connectivity index (χ1v) is 8.09. The van der Waals surface area contributed by atoms with E-state index in [4.69, 9.17) is 4.74 Å². The van der Waals surface area contributed by atoms with Gasteiger partial charge in [0.05, 0.1) is 0 Å². The number of aliphatic hydroxyl groups is 1. The van der Waals surface area contributed by atoms with Gasteiger partial charge in [-0.05, 0) is 55.5 Å². The number of aliphatic hydroxyl groups excluding tert-OH is 1. The Morgan fingerprint density at radius 1 is 1.23 bits per heavy atom. The molecule has 5 heteroatoms. The van der Waals surface area contributed by atoms with E-state index in [-0.39, 0.29) is 18.4 Å². The maximum atomic E-state index is 10.00. The van der Waals surface area contributed by atoms with Crippen molar-refractivity contribution in [1.82, 2.24) is 5.32 Å². The average Bonchev–Trinajstić information content (AvgIpc) is 3.00. The van der Waals surface area contributed by atoms with Gasteiger partial charge >= 0.3 is 0 Å². The van der Waals surface area contributed by atoms with Crippen molar-refractivity contribution in [3.63, 3.8) is 0 Å². The highest BCUT2D eigenvalue weighted by Gasteiger charge is 2.10. The average molecular weight is 342 g/mol. The molecular weight excluding hydrogens is 318 g/mol. The second kappa shape index (κ2) is 9.16. The lowest BCUT2D eigenvalue weighted by Gasteiger charge is -2.17. The van der Waals surface area contributed by atoms with Crippen LogP contribution in [-0.4, -0.2) is 24.4 Å². The summed E-state index contributed by atoms with van der Waals surface area (Å²) in [6.45, 7) is 7.05. The number of rotatable bonds is 7. The fraction of sp³-hybridized carbons (Fsp3) is 0.412. The van der Waals surface area contributed by atoms with E-state index in [0.717, 1.165) is 5.75 Å². The summed E-state index contributed by atoms with van der Waals surface area (Å²) in [6.07, 6.45) is -0.519. The van der Waals surface area contributed by atoms with Gasteiger partial charge in [0.15, 0.2) is 0 Å². The lowest BCUT2D eigenvalue weighted by Crippen LogP contribution is -2.32. The molecule has 0 amide bonds. The van der Waals surface area contributed by atoms with Crippen molar-refractivity contribution < 1.29 is 9.84 Å². The molecule has 0 fully saturated rings. The summed E-state index contributed by atoms with van der Waals surface area (Å²) in [7, 11) is 0. The van der Waals surface area contributed by atoms with Gasteiger partial charge in [-0.25, -0.2) is 0 Å². The van der Waals surface area contributed by atoms with Crippen molar-refractivity contribution in [2.75, 3.05) is 13.2 Å². The predicted molar refractivity (Wildman–Crippen MR) is 95.4 cm³/mol. The van der Waals surface area contributed by atoms with Crippen LogP contribution in [0.2, 0.25) is 0 Å².